The zero-order chi connectivity index (χ0) is 20.8. The Morgan fingerprint density at radius 3 is 1.79 bits per heavy atom. The molecule has 0 spiro atoms. The van der Waals surface area contributed by atoms with E-state index in [1.165, 1.54) is 12.1 Å². The van der Waals surface area contributed by atoms with Crippen LogP contribution >= 0.6 is 0 Å². The highest BCUT2D eigenvalue weighted by molar-refractivity contribution is 6.05. The topological polar surface area (TPSA) is 82.2 Å². The average molecular weight is 396 g/mol. The maximum Gasteiger partial charge on any atom is 0.416 e. The van der Waals surface area contributed by atoms with Crippen LogP contribution in [-0.2, 0) is 6.18 Å². The monoisotopic (exact) mass is 396 g/mol. The van der Waals surface area contributed by atoms with E-state index < -0.39 is 17.6 Å². The highest BCUT2D eigenvalue weighted by atomic mass is 19.4. The summed E-state index contributed by atoms with van der Waals surface area (Å²) in [6, 6.07) is 17.7. The number of furan rings is 1. The lowest BCUT2D eigenvalue weighted by Gasteiger charge is -2.08. The van der Waals surface area contributed by atoms with Gasteiger partial charge >= 0.3 is 6.18 Å². The number of nitrogen functional groups attached to an aromatic ring is 1. The maximum atomic E-state index is 12.7. The number of carbonyl (C=O) groups is 1. The van der Waals surface area contributed by atoms with E-state index in [0.717, 1.165) is 28.8 Å². The van der Waals surface area contributed by atoms with Gasteiger partial charge in [-0.3, -0.25) is 4.79 Å². The van der Waals surface area contributed by atoms with E-state index in [9.17, 15) is 18.0 Å². The summed E-state index contributed by atoms with van der Waals surface area (Å²) < 4.78 is 43.6. The van der Waals surface area contributed by atoms with Gasteiger partial charge < -0.3 is 15.9 Å². The minimum Gasteiger partial charge on any atom is -0.449 e. The van der Waals surface area contributed by atoms with Crippen LogP contribution in [0, 0.1) is 0 Å². The Bertz CT molecular complexity index is 1210. The number of fused-ring (bicyclic) bond motifs is 1. The third-order valence-corrected chi connectivity index (χ3v) is 4.72. The Hall–Kier alpha value is -3.74. The molecule has 0 unspecified atom stereocenters. The zero-order valence-corrected chi connectivity index (χ0v) is 15.0. The van der Waals surface area contributed by atoms with Crippen LogP contribution in [0.3, 0.4) is 0 Å². The zero-order valence-electron chi connectivity index (χ0n) is 15.0. The summed E-state index contributed by atoms with van der Waals surface area (Å²) in [6.45, 7) is 0. The largest absolute Gasteiger partial charge is 0.449 e. The summed E-state index contributed by atoms with van der Waals surface area (Å²) in [7, 11) is 0. The average Bonchev–Trinajstić information content (AvgIpc) is 3.04. The molecule has 0 saturated heterocycles. The van der Waals surface area contributed by atoms with E-state index in [2.05, 4.69) is 0 Å². The van der Waals surface area contributed by atoms with Crippen molar-refractivity contribution in [3.05, 3.63) is 78.1 Å². The number of hydrogen-bond donors (Lipinski definition) is 2. The molecule has 0 aliphatic heterocycles. The second kappa shape index (κ2) is 6.70. The van der Waals surface area contributed by atoms with Crippen LogP contribution in [0.2, 0.25) is 0 Å². The van der Waals surface area contributed by atoms with Gasteiger partial charge in [0.1, 0.15) is 5.58 Å². The Labute approximate surface area is 163 Å². The van der Waals surface area contributed by atoms with E-state index in [4.69, 9.17) is 15.9 Å². The molecule has 3 aromatic carbocycles. The van der Waals surface area contributed by atoms with Crippen LogP contribution in [0.15, 0.2) is 71.1 Å². The lowest BCUT2D eigenvalue weighted by molar-refractivity contribution is -0.137. The standard InChI is InChI=1S/C22H15F3N2O2/c23-22(24,25)16-8-5-13(6-9-16)12-1-3-14(4-2-12)15-7-10-17-18(11-15)29-20(19(17)26)21(27)28/h1-11H,26H2,(H2,27,28). The minimum absolute atomic E-state index is 0.0743. The number of hydrogen-bond acceptors (Lipinski definition) is 3. The molecule has 4 nitrogen and oxygen atoms in total. The molecular weight excluding hydrogens is 381 g/mol. The molecule has 0 bridgehead atoms. The first-order valence-corrected chi connectivity index (χ1v) is 8.64. The van der Waals surface area contributed by atoms with Crippen molar-refractivity contribution in [2.75, 3.05) is 5.73 Å². The summed E-state index contributed by atoms with van der Waals surface area (Å²) >= 11 is 0. The van der Waals surface area contributed by atoms with Gasteiger partial charge in [0.15, 0.2) is 0 Å². The van der Waals surface area contributed by atoms with Gasteiger partial charge in [-0.15, -0.1) is 0 Å². The summed E-state index contributed by atoms with van der Waals surface area (Å²) in [6.07, 6.45) is -4.36. The molecule has 0 aliphatic rings. The van der Waals surface area contributed by atoms with Crippen molar-refractivity contribution in [1.29, 1.82) is 0 Å². The van der Waals surface area contributed by atoms with Gasteiger partial charge in [0, 0.05) is 5.39 Å². The fourth-order valence-corrected chi connectivity index (χ4v) is 3.19. The van der Waals surface area contributed by atoms with Crippen LogP contribution in [0.25, 0.3) is 33.2 Å². The summed E-state index contributed by atoms with van der Waals surface area (Å²) in [4.78, 5) is 11.4. The van der Waals surface area contributed by atoms with Crippen molar-refractivity contribution in [2.45, 2.75) is 6.18 Å². The number of halogens is 3. The molecule has 1 amide bonds. The van der Waals surface area contributed by atoms with Gasteiger partial charge in [-0.05, 0) is 46.5 Å². The number of primary amides is 1. The van der Waals surface area contributed by atoms with Crippen LogP contribution in [0.1, 0.15) is 16.1 Å². The number of benzene rings is 3. The molecule has 1 heterocycles. The number of anilines is 1. The minimum atomic E-state index is -4.36. The SMILES string of the molecule is NC(=O)c1oc2cc(-c3ccc(-c4ccc(C(F)(F)F)cc4)cc3)ccc2c1N. The third kappa shape index (κ3) is 3.42. The van der Waals surface area contributed by atoms with E-state index in [0.29, 0.717) is 16.5 Å². The van der Waals surface area contributed by atoms with Crippen LogP contribution < -0.4 is 11.5 Å². The first kappa shape index (κ1) is 18.6. The predicted octanol–water partition coefficient (Wildman–Crippen LogP) is 5.47. The highest BCUT2D eigenvalue weighted by Gasteiger charge is 2.29. The van der Waals surface area contributed by atoms with Crippen LogP contribution in [-0.4, -0.2) is 5.91 Å². The second-order valence-corrected chi connectivity index (χ2v) is 6.57. The number of nitrogens with two attached hydrogens (primary N) is 2. The molecule has 0 radical (unpaired) electrons. The first-order chi connectivity index (χ1) is 13.7. The molecule has 0 saturated carbocycles. The number of rotatable bonds is 3. The Morgan fingerprint density at radius 1 is 0.793 bits per heavy atom. The molecule has 7 heteroatoms. The van der Waals surface area contributed by atoms with Crippen molar-refractivity contribution in [1.82, 2.24) is 0 Å². The van der Waals surface area contributed by atoms with Crippen molar-refractivity contribution in [3.63, 3.8) is 0 Å². The summed E-state index contributed by atoms with van der Waals surface area (Å²) in [5, 5.41) is 0.601. The molecule has 0 atom stereocenters. The molecule has 4 aromatic rings. The number of alkyl halides is 3. The molecule has 146 valence electrons. The Kier molecular flexibility index (Phi) is 4.30. The number of amides is 1. The van der Waals surface area contributed by atoms with Crippen molar-refractivity contribution in [3.8, 4) is 22.3 Å². The van der Waals surface area contributed by atoms with Gasteiger partial charge in [-0.1, -0.05) is 42.5 Å². The Morgan fingerprint density at radius 2 is 1.28 bits per heavy atom. The van der Waals surface area contributed by atoms with Gasteiger partial charge in [-0.25, -0.2) is 0 Å². The summed E-state index contributed by atoms with van der Waals surface area (Å²) in [5.41, 5.74) is 14.3. The Balaban J connectivity index is 1.64. The van der Waals surface area contributed by atoms with Crippen LogP contribution in [0.5, 0.6) is 0 Å². The molecule has 1 aromatic heterocycles. The summed E-state index contributed by atoms with van der Waals surface area (Å²) in [5.74, 6) is -0.809. The number of carbonyl (C=O) groups excluding carboxylic acids is 1. The highest BCUT2D eigenvalue weighted by Crippen LogP contribution is 2.34. The molecule has 29 heavy (non-hydrogen) atoms. The van der Waals surface area contributed by atoms with Crippen molar-refractivity contribution >= 4 is 22.6 Å². The van der Waals surface area contributed by atoms with Gasteiger partial charge in [0.05, 0.1) is 11.3 Å². The van der Waals surface area contributed by atoms with Crippen molar-refractivity contribution < 1.29 is 22.4 Å². The first-order valence-electron chi connectivity index (χ1n) is 8.64. The van der Waals surface area contributed by atoms with Crippen LogP contribution in [0.4, 0.5) is 18.9 Å². The lowest BCUT2D eigenvalue weighted by Crippen LogP contribution is -2.11. The molecule has 4 rings (SSSR count). The second-order valence-electron chi connectivity index (χ2n) is 6.57. The molecule has 0 fully saturated rings. The maximum absolute atomic E-state index is 12.7. The predicted molar refractivity (Wildman–Crippen MR) is 105 cm³/mol. The van der Waals surface area contributed by atoms with Gasteiger partial charge in [0.2, 0.25) is 5.76 Å². The van der Waals surface area contributed by atoms with Gasteiger partial charge in [0.25, 0.3) is 5.91 Å². The normalized spacial score (nSPS) is 11.7. The van der Waals surface area contributed by atoms with E-state index >= 15 is 0 Å². The molecule has 0 aliphatic carbocycles. The smallest absolute Gasteiger partial charge is 0.416 e. The fraction of sp³-hybridized carbons (Fsp3) is 0.0455. The van der Waals surface area contributed by atoms with Gasteiger partial charge in [-0.2, -0.15) is 13.2 Å². The quantitative estimate of drug-likeness (QED) is 0.482. The van der Waals surface area contributed by atoms with E-state index in [-0.39, 0.29) is 11.4 Å². The van der Waals surface area contributed by atoms with Crippen molar-refractivity contribution in [2.24, 2.45) is 5.73 Å². The van der Waals surface area contributed by atoms with E-state index in [1.807, 2.05) is 30.3 Å². The fourth-order valence-electron chi connectivity index (χ4n) is 3.19. The van der Waals surface area contributed by atoms with E-state index in [1.54, 1.807) is 12.1 Å². The molecule has 4 N–H and O–H groups in total. The lowest BCUT2D eigenvalue weighted by atomic mass is 9.99. The molecular formula is C22H15F3N2O2. The third-order valence-electron chi connectivity index (χ3n) is 4.72.